The summed E-state index contributed by atoms with van der Waals surface area (Å²) in [5, 5.41) is 10.3. The summed E-state index contributed by atoms with van der Waals surface area (Å²) in [6.45, 7) is 2.17. The van der Waals surface area contributed by atoms with Gasteiger partial charge in [-0.05, 0) is 67.8 Å². The number of benzene rings is 2. The number of nitrogens with one attached hydrogen (secondary N) is 2. The summed E-state index contributed by atoms with van der Waals surface area (Å²) in [7, 11) is 0. The lowest BCUT2D eigenvalue weighted by atomic mass is 9.90. The second-order valence-corrected chi connectivity index (χ2v) is 9.97. The number of aromatic amines is 1. The Morgan fingerprint density at radius 2 is 1.95 bits per heavy atom. The molecule has 0 bridgehead atoms. The third-order valence-corrected chi connectivity index (χ3v) is 7.47. The Labute approximate surface area is 224 Å². The molecule has 9 nitrogen and oxygen atoms in total. The number of ether oxygens (including phenoxy) is 1. The maximum Gasteiger partial charge on any atom is 0.274 e. The van der Waals surface area contributed by atoms with Crippen molar-refractivity contribution >= 4 is 22.6 Å². The minimum absolute atomic E-state index is 0.0160. The van der Waals surface area contributed by atoms with Gasteiger partial charge in [-0.3, -0.25) is 9.59 Å². The maximum absolute atomic E-state index is 14.0. The van der Waals surface area contributed by atoms with Crippen LogP contribution in [0.5, 0.6) is 11.5 Å². The van der Waals surface area contributed by atoms with Crippen molar-refractivity contribution in [2.75, 3.05) is 25.4 Å². The summed E-state index contributed by atoms with van der Waals surface area (Å²) in [6, 6.07) is 13.6. The molecule has 0 aliphatic carbocycles. The minimum atomic E-state index is -0.448. The van der Waals surface area contributed by atoms with E-state index in [-0.39, 0.29) is 35.0 Å². The van der Waals surface area contributed by atoms with Crippen molar-refractivity contribution in [3.05, 3.63) is 88.6 Å². The smallest absolute Gasteiger partial charge is 0.274 e. The molecule has 6 rings (SSSR count). The van der Waals surface area contributed by atoms with Crippen molar-refractivity contribution in [1.82, 2.24) is 25.0 Å². The predicted molar refractivity (Wildman–Crippen MR) is 147 cm³/mol. The number of likely N-dealkylation sites (tertiary alicyclic amines) is 1. The molecule has 10 heteroatoms. The van der Waals surface area contributed by atoms with E-state index in [1.807, 2.05) is 33.9 Å². The molecule has 200 valence electrons. The molecular formula is C29H29FN6O3. The molecule has 2 atom stereocenters. The summed E-state index contributed by atoms with van der Waals surface area (Å²) in [4.78, 5) is 27.8. The number of amides is 1. The van der Waals surface area contributed by atoms with Crippen LogP contribution in [0.4, 0.5) is 10.2 Å². The van der Waals surface area contributed by atoms with Crippen LogP contribution in [-0.4, -0.2) is 51.2 Å². The van der Waals surface area contributed by atoms with Gasteiger partial charge in [-0.2, -0.15) is 5.10 Å². The number of hydrogen-bond donors (Lipinski definition) is 3. The number of fused-ring (bicyclic) bond motifs is 1. The van der Waals surface area contributed by atoms with Gasteiger partial charge in [0.15, 0.2) is 17.4 Å². The predicted octanol–water partition coefficient (Wildman–Crippen LogP) is 3.85. The van der Waals surface area contributed by atoms with E-state index >= 15 is 0 Å². The zero-order valence-electron chi connectivity index (χ0n) is 21.3. The number of nitrogen functional groups attached to an aromatic ring is 1. The third kappa shape index (κ3) is 4.90. The number of H-pyrrole nitrogens is 1. The third-order valence-electron chi connectivity index (χ3n) is 7.47. The number of rotatable bonds is 6. The molecule has 0 radical (unpaired) electrons. The quantitative estimate of drug-likeness (QED) is 0.327. The summed E-state index contributed by atoms with van der Waals surface area (Å²) >= 11 is 0. The molecule has 4 N–H and O–H groups in total. The normalized spacial score (nSPS) is 19.4. The highest BCUT2D eigenvalue weighted by Crippen LogP contribution is 2.35. The monoisotopic (exact) mass is 528 g/mol. The van der Waals surface area contributed by atoms with Crippen LogP contribution in [-0.2, 0) is 4.79 Å². The van der Waals surface area contributed by atoms with Crippen LogP contribution in [0.1, 0.15) is 30.7 Å². The molecule has 4 aromatic rings. The van der Waals surface area contributed by atoms with Crippen molar-refractivity contribution < 1.29 is 13.9 Å². The van der Waals surface area contributed by atoms with E-state index in [4.69, 9.17) is 10.5 Å². The van der Waals surface area contributed by atoms with Crippen LogP contribution >= 0.6 is 0 Å². The van der Waals surface area contributed by atoms with E-state index in [0.29, 0.717) is 29.7 Å². The Kier molecular flexibility index (Phi) is 6.62. The van der Waals surface area contributed by atoms with Gasteiger partial charge in [-0.15, -0.1) is 0 Å². The highest BCUT2D eigenvalue weighted by Gasteiger charge is 2.29. The number of halogens is 1. The molecule has 2 saturated heterocycles. The van der Waals surface area contributed by atoms with Crippen LogP contribution in [0.25, 0.3) is 16.6 Å². The number of para-hydroxylation sites is 1. The van der Waals surface area contributed by atoms with E-state index in [1.165, 1.54) is 6.07 Å². The van der Waals surface area contributed by atoms with Gasteiger partial charge in [0.1, 0.15) is 11.3 Å². The lowest BCUT2D eigenvalue weighted by molar-refractivity contribution is -0.127. The van der Waals surface area contributed by atoms with E-state index in [1.54, 1.807) is 36.4 Å². The molecule has 1 amide bonds. The fourth-order valence-corrected chi connectivity index (χ4v) is 5.29. The SMILES string of the molecule is Nc1n[nH]c(=O)c2c([C@@H]3CCCN(C(=O)/C=C/[C@H]4CCN4)C3)cn(-c3ccc(Oc4ccccc4F)cc3)c12. The highest BCUT2D eigenvalue weighted by atomic mass is 19.1. The summed E-state index contributed by atoms with van der Waals surface area (Å²) in [6.07, 6.45) is 8.21. The van der Waals surface area contributed by atoms with E-state index in [2.05, 4.69) is 15.5 Å². The summed E-state index contributed by atoms with van der Waals surface area (Å²) in [5.74, 6) is 0.300. The Balaban J connectivity index is 1.31. The zero-order valence-corrected chi connectivity index (χ0v) is 21.3. The van der Waals surface area contributed by atoms with E-state index in [9.17, 15) is 14.0 Å². The highest BCUT2D eigenvalue weighted by molar-refractivity contribution is 5.92. The number of carbonyl (C=O) groups excluding carboxylic acids is 1. The average molecular weight is 529 g/mol. The van der Waals surface area contributed by atoms with Gasteiger partial charge in [-0.1, -0.05) is 18.2 Å². The largest absolute Gasteiger partial charge is 0.454 e. The van der Waals surface area contributed by atoms with Crippen LogP contribution in [0.15, 0.2) is 71.7 Å². The average Bonchev–Trinajstić information content (AvgIpc) is 3.34. The zero-order chi connectivity index (χ0) is 26.9. The fraction of sp³-hybridized carbons (Fsp3) is 0.276. The molecule has 2 aliphatic heterocycles. The van der Waals surface area contributed by atoms with Gasteiger partial charge in [-0.25, -0.2) is 9.49 Å². The van der Waals surface area contributed by atoms with Gasteiger partial charge >= 0.3 is 0 Å². The molecular weight excluding hydrogens is 499 g/mol. The molecule has 2 aromatic carbocycles. The second-order valence-electron chi connectivity index (χ2n) is 9.97. The number of nitrogens with zero attached hydrogens (tertiary/aromatic N) is 3. The molecule has 2 aliphatic rings. The first-order chi connectivity index (χ1) is 19.0. The van der Waals surface area contributed by atoms with Crippen LogP contribution in [0, 0.1) is 5.82 Å². The number of aromatic nitrogens is 3. The van der Waals surface area contributed by atoms with Gasteiger partial charge in [0.2, 0.25) is 5.91 Å². The Morgan fingerprint density at radius 3 is 2.69 bits per heavy atom. The Morgan fingerprint density at radius 1 is 1.15 bits per heavy atom. The molecule has 0 saturated carbocycles. The van der Waals surface area contributed by atoms with Gasteiger partial charge in [0.25, 0.3) is 5.56 Å². The van der Waals surface area contributed by atoms with Crippen molar-refractivity contribution in [3.8, 4) is 17.2 Å². The molecule has 2 fully saturated rings. The van der Waals surface area contributed by atoms with Gasteiger partial charge in [0.05, 0.1) is 5.39 Å². The fourth-order valence-electron chi connectivity index (χ4n) is 5.29. The lowest BCUT2D eigenvalue weighted by Gasteiger charge is -2.32. The van der Waals surface area contributed by atoms with Crippen LogP contribution < -0.4 is 21.3 Å². The maximum atomic E-state index is 14.0. The van der Waals surface area contributed by atoms with Crippen molar-refractivity contribution in [1.29, 1.82) is 0 Å². The van der Waals surface area contributed by atoms with Crippen molar-refractivity contribution in [2.45, 2.75) is 31.2 Å². The van der Waals surface area contributed by atoms with E-state index in [0.717, 1.165) is 37.1 Å². The van der Waals surface area contributed by atoms with E-state index < -0.39 is 5.82 Å². The topological polar surface area (TPSA) is 118 Å². The van der Waals surface area contributed by atoms with Gasteiger partial charge < -0.3 is 25.3 Å². The first kappa shape index (κ1) is 24.9. The van der Waals surface area contributed by atoms with Gasteiger partial charge in [0, 0.05) is 43.0 Å². The number of nitrogens with two attached hydrogens (primary N) is 1. The number of hydrogen-bond acceptors (Lipinski definition) is 6. The van der Waals surface area contributed by atoms with Crippen LogP contribution in [0.2, 0.25) is 0 Å². The lowest BCUT2D eigenvalue weighted by Crippen LogP contribution is -2.42. The number of anilines is 1. The minimum Gasteiger partial charge on any atom is -0.454 e. The number of carbonyl (C=O) groups is 1. The van der Waals surface area contributed by atoms with Crippen molar-refractivity contribution in [3.63, 3.8) is 0 Å². The molecule has 4 heterocycles. The summed E-state index contributed by atoms with van der Waals surface area (Å²) < 4.78 is 21.5. The summed E-state index contributed by atoms with van der Waals surface area (Å²) in [5.41, 5.74) is 8.02. The molecule has 39 heavy (non-hydrogen) atoms. The Bertz CT molecular complexity index is 1610. The van der Waals surface area contributed by atoms with Crippen molar-refractivity contribution in [2.24, 2.45) is 0 Å². The first-order valence-corrected chi connectivity index (χ1v) is 13.1. The molecule has 2 aromatic heterocycles. The van der Waals surface area contributed by atoms with Crippen LogP contribution in [0.3, 0.4) is 0 Å². The molecule has 0 spiro atoms. The first-order valence-electron chi connectivity index (χ1n) is 13.1. The number of piperidine rings is 1. The standard InChI is InChI=1S/C29H29FN6O3/c30-23-5-1-2-6-24(23)39-21-10-8-20(9-11-21)36-17-22(26-27(36)28(31)33-34-29(26)38)18-4-3-15-35(16-18)25(37)12-7-19-13-14-32-19/h1-2,5-12,17-19,32H,3-4,13-16H2,(H2,31,33)(H,34,38)/b12-7+/t18-,19+/m1/s1. The molecule has 0 unspecified atom stereocenters. The second kappa shape index (κ2) is 10.4. The Hall–Kier alpha value is -4.44.